The Morgan fingerprint density at radius 3 is 2.84 bits per heavy atom. The number of carbonyl (C=O) groups excluding carboxylic acids is 1. The molecule has 1 saturated carbocycles. The molecule has 1 aromatic heterocycles. The molecule has 2 N–H and O–H groups in total. The van der Waals surface area contributed by atoms with Crippen molar-refractivity contribution in [2.24, 2.45) is 0 Å². The Balaban J connectivity index is 1.51. The minimum Gasteiger partial charge on any atom is -0.352 e. The summed E-state index contributed by atoms with van der Waals surface area (Å²) in [6, 6.07) is 5.15. The molecule has 1 amide bonds. The van der Waals surface area contributed by atoms with E-state index in [-0.39, 0.29) is 11.9 Å². The third-order valence-electron chi connectivity index (χ3n) is 5.28. The lowest BCUT2D eigenvalue weighted by molar-refractivity contribution is -0.137. The molecule has 0 bridgehead atoms. The van der Waals surface area contributed by atoms with Gasteiger partial charge in [0.05, 0.1) is 17.2 Å². The Hall–Kier alpha value is -2.31. The average Bonchev–Trinajstić information content (AvgIpc) is 3.27. The zero-order valence-electron chi connectivity index (χ0n) is 13.5. The second-order valence-corrected chi connectivity index (χ2v) is 6.95. The first-order valence-electron chi connectivity index (χ1n) is 8.38. The van der Waals surface area contributed by atoms with E-state index in [4.69, 9.17) is 0 Å². The number of halogens is 3. The van der Waals surface area contributed by atoms with Crippen molar-refractivity contribution in [3.63, 3.8) is 0 Å². The molecule has 4 rings (SSSR count). The number of hydrogen-bond donors (Lipinski definition) is 2. The standard InChI is InChI=1S/C18H18F3N3O/c19-18(20,21)13-3-1-2-12(9-13)17(6-7-17)16(25)23-14-4-5-15-11(8-14)10-22-24-15/h1-3,9-10,14H,4-8H2,(H,22,24)(H,23,25). The van der Waals surface area contributed by atoms with E-state index < -0.39 is 17.2 Å². The highest BCUT2D eigenvalue weighted by molar-refractivity contribution is 5.91. The maximum atomic E-state index is 13.0. The van der Waals surface area contributed by atoms with Gasteiger partial charge in [-0.3, -0.25) is 9.89 Å². The molecule has 0 saturated heterocycles. The van der Waals surface area contributed by atoms with Gasteiger partial charge in [-0.1, -0.05) is 18.2 Å². The molecule has 1 unspecified atom stereocenters. The number of hydrogen-bond acceptors (Lipinski definition) is 2. The molecule has 25 heavy (non-hydrogen) atoms. The predicted molar refractivity (Wildman–Crippen MR) is 84.9 cm³/mol. The molecule has 2 aromatic rings. The monoisotopic (exact) mass is 349 g/mol. The third kappa shape index (κ3) is 2.92. The molecule has 0 radical (unpaired) electrons. The van der Waals surface area contributed by atoms with E-state index in [1.165, 1.54) is 6.07 Å². The van der Waals surface area contributed by atoms with Crippen molar-refractivity contribution in [2.75, 3.05) is 0 Å². The second-order valence-electron chi connectivity index (χ2n) is 6.95. The first-order valence-corrected chi connectivity index (χ1v) is 8.38. The van der Waals surface area contributed by atoms with Crippen LogP contribution >= 0.6 is 0 Å². The van der Waals surface area contributed by atoms with Crippen molar-refractivity contribution in [1.29, 1.82) is 0 Å². The largest absolute Gasteiger partial charge is 0.416 e. The summed E-state index contributed by atoms with van der Waals surface area (Å²) < 4.78 is 38.9. The van der Waals surface area contributed by atoms with E-state index >= 15 is 0 Å². The lowest BCUT2D eigenvalue weighted by Gasteiger charge is -2.26. The Labute approximate surface area is 142 Å². The molecule has 132 valence electrons. The van der Waals surface area contributed by atoms with Crippen LogP contribution in [0.2, 0.25) is 0 Å². The van der Waals surface area contributed by atoms with Crippen molar-refractivity contribution in [2.45, 2.75) is 49.7 Å². The van der Waals surface area contributed by atoms with Crippen molar-refractivity contribution in [3.05, 3.63) is 52.8 Å². The number of rotatable bonds is 3. The summed E-state index contributed by atoms with van der Waals surface area (Å²) in [7, 11) is 0. The lowest BCUT2D eigenvalue weighted by Crippen LogP contribution is -2.44. The van der Waals surface area contributed by atoms with Crippen molar-refractivity contribution < 1.29 is 18.0 Å². The Kier molecular flexibility index (Phi) is 3.63. The van der Waals surface area contributed by atoms with E-state index in [1.54, 1.807) is 12.3 Å². The van der Waals surface area contributed by atoms with Gasteiger partial charge in [0.15, 0.2) is 0 Å². The summed E-state index contributed by atoms with van der Waals surface area (Å²) >= 11 is 0. The van der Waals surface area contributed by atoms with E-state index in [0.717, 1.165) is 36.2 Å². The van der Waals surface area contributed by atoms with Crippen molar-refractivity contribution in [1.82, 2.24) is 15.5 Å². The van der Waals surface area contributed by atoms with Crippen LogP contribution in [0.25, 0.3) is 0 Å². The number of nitrogens with zero attached hydrogens (tertiary/aromatic N) is 1. The van der Waals surface area contributed by atoms with Gasteiger partial charge in [-0.2, -0.15) is 18.3 Å². The zero-order valence-corrected chi connectivity index (χ0v) is 13.5. The summed E-state index contributed by atoms with van der Waals surface area (Å²) in [5, 5.41) is 10.0. The molecule has 2 aliphatic rings. The molecule has 1 atom stereocenters. The smallest absolute Gasteiger partial charge is 0.352 e. The number of nitrogens with one attached hydrogen (secondary N) is 2. The Bertz CT molecular complexity index is 808. The molecule has 4 nitrogen and oxygen atoms in total. The van der Waals surface area contributed by atoms with Crippen LogP contribution in [-0.4, -0.2) is 22.1 Å². The number of aromatic amines is 1. The van der Waals surface area contributed by atoms with Crippen LogP contribution < -0.4 is 5.32 Å². The highest BCUT2D eigenvalue weighted by atomic mass is 19.4. The quantitative estimate of drug-likeness (QED) is 0.894. The first-order chi connectivity index (χ1) is 11.9. The van der Waals surface area contributed by atoms with Crippen molar-refractivity contribution in [3.8, 4) is 0 Å². The van der Waals surface area contributed by atoms with E-state index in [1.807, 2.05) is 0 Å². The van der Waals surface area contributed by atoms with E-state index in [0.29, 0.717) is 24.8 Å². The van der Waals surface area contributed by atoms with Gasteiger partial charge in [-0.05, 0) is 49.3 Å². The van der Waals surface area contributed by atoms with Gasteiger partial charge >= 0.3 is 6.18 Å². The minimum atomic E-state index is -4.40. The molecule has 1 heterocycles. The number of amides is 1. The summed E-state index contributed by atoms with van der Waals surface area (Å²) in [6.07, 6.45) is 0.872. The van der Waals surface area contributed by atoms with Crippen LogP contribution in [0.3, 0.4) is 0 Å². The van der Waals surface area contributed by atoms with Crippen LogP contribution in [0.4, 0.5) is 13.2 Å². The lowest BCUT2D eigenvalue weighted by atomic mass is 9.90. The summed E-state index contributed by atoms with van der Waals surface area (Å²) in [4.78, 5) is 12.8. The van der Waals surface area contributed by atoms with Gasteiger partial charge in [0, 0.05) is 11.7 Å². The second kappa shape index (κ2) is 5.61. The molecule has 7 heteroatoms. The average molecular weight is 349 g/mol. The third-order valence-corrected chi connectivity index (χ3v) is 5.28. The predicted octanol–water partition coefficient (Wildman–Crippen LogP) is 3.13. The summed E-state index contributed by atoms with van der Waals surface area (Å²) in [5.41, 5.74) is 1.15. The van der Waals surface area contributed by atoms with Gasteiger partial charge < -0.3 is 5.32 Å². The zero-order chi connectivity index (χ0) is 17.7. The number of fused-ring (bicyclic) bond motifs is 1. The molecule has 0 aliphatic heterocycles. The minimum absolute atomic E-state index is 0.000809. The number of aromatic nitrogens is 2. The number of benzene rings is 1. The van der Waals surface area contributed by atoms with Gasteiger partial charge in [0.2, 0.25) is 5.91 Å². The highest BCUT2D eigenvalue weighted by Crippen LogP contribution is 2.49. The van der Waals surface area contributed by atoms with E-state index in [2.05, 4.69) is 15.5 Å². The number of aryl methyl sites for hydroxylation is 1. The summed E-state index contributed by atoms with van der Waals surface area (Å²) in [5.74, 6) is -0.163. The fourth-order valence-corrected chi connectivity index (χ4v) is 3.63. The molecule has 1 aromatic carbocycles. The number of H-pyrrole nitrogens is 1. The normalized spacial score (nSPS) is 21.5. The summed E-state index contributed by atoms with van der Waals surface area (Å²) in [6.45, 7) is 0. The van der Waals surface area contributed by atoms with Gasteiger partial charge in [-0.25, -0.2) is 0 Å². The van der Waals surface area contributed by atoms with Crippen LogP contribution in [0, 0.1) is 0 Å². The van der Waals surface area contributed by atoms with Gasteiger partial charge in [-0.15, -0.1) is 0 Å². The van der Waals surface area contributed by atoms with Gasteiger partial charge in [0.1, 0.15) is 0 Å². The van der Waals surface area contributed by atoms with Crippen molar-refractivity contribution >= 4 is 5.91 Å². The van der Waals surface area contributed by atoms with E-state index in [9.17, 15) is 18.0 Å². The molecule has 1 fully saturated rings. The number of carbonyl (C=O) groups is 1. The van der Waals surface area contributed by atoms with Crippen LogP contribution in [0.5, 0.6) is 0 Å². The Morgan fingerprint density at radius 2 is 2.12 bits per heavy atom. The van der Waals surface area contributed by atoms with Crippen LogP contribution in [0.1, 0.15) is 41.6 Å². The fraction of sp³-hybridized carbons (Fsp3) is 0.444. The fourth-order valence-electron chi connectivity index (χ4n) is 3.63. The van der Waals surface area contributed by atoms with Crippen LogP contribution in [0.15, 0.2) is 30.5 Å². The maximum absolute atomic E-state index is 13.0. The molecular formula is C18H18F3N3O. The SMILES string of the molecule is O=C(NC1CCc2[nH]ncc2C1)C1(c2cccc(C(F)(F)F)c2)CC1. The van der Waals surface area contributed by atoms with Gasteiger partial charge in [0.25, 0.3) is 0 Å². The maximum Gasteiger partial charge on any atom is 0.416 e. The topological polar surface area (TPSA) is 57.8 Å². The molecule has 0 spiro atoms. The molecular weight excluding hydrogens is 331 g/mol. The highest BCUT2D eigenvalue weighted by Gasteiger charge is 2.52. The first kappa shape index (κ1) is 16.2. The Morgan fingerprint density at radius 1 is 1.32 bits per heavy atom. The number of alkyl halides is 3. The molecule has 2 aliphatic carbocycles. The van der Waals surface area contributed by atoms with Crippen LogP contribution in [-0.2, 0) is 29.2 Å².